The molecule has 0 atom stereocenters. The molecule has 0 unspecified atom stereocenters. The van der Waals surface area contributed by atoms with Gasteiger partial charge in [-0.3, -0.25) is 14.4 Å². The minimum atomic E-state index is -0.508. The summed E-state index contributed by atoms with van der Waals surface area (Å²) in [4.78, 5) is 40.1. The van der Waals surface area contributed by atoms with Gasteiger partial charge in [0.1, 0.15) is 5.82 Å². The molecule has 31 heavy (non-hydrogen) atoms. The van der Waals surface area contributed by atoms with Gasteiger partial charge >= 0.3 is 0 Å². The van der Waals surface area contributed by atoms with Gasteiger partial charge in [0.05, 0.1) is 21.3 Å². The third kappa shape index (κ3) is 4.24. The average Bonchev–Trinajstić information content (AvgIpc) is 3.17. The third-order valence-corrected chi connectivity index (χ3v) is 6.39. The largest absolute Gasteiger partial charge is 0.321 e. The number of hydrogen-bond acceptors (Lipinski definition) is 4. The molecule has 0 bridgehead atoms. The fraction of sp³-hybridized carbons (Fsp3) is 0.174. The summed E-state index contributed by atoms with van der Waals surface area (Å²) in [5.41, 5.74) is 2.11. The molecule has 1 aliphatic rings. The predicted octanol–water partition coefficient (Wildman–Crippen LogP) is 5.72. The summed E-state index contributed by atoms with van der Waals surface area (Å²) in [7, 11) is 0. The number of Topliss-reactive ketones (excluding diaryl/α,β-unsaturated/α-hetero) is 1. The lowest BCUT2D eigenvalue weighted by atomic mass is 10.1. The van der Waals surface area contributed by atoms with Gasteiger partial charge in [0.2, 0.25) is 0 Å². The van der Waals surface area contributed by atoms with Gasteiger partial charge in [-0.1, -0.05) is 17.7 Å². The molecule has 0 saturated heterocycles. The molecule has 1 aromatic heterocycles. The van der Waals surface area contributed by atoms with Gasteiger partial charge in [-0.15, -0.1) is 11.3 Å². The van der Waals surface area contributed by atoms with Crippen molar-refractivity contribution in [1.82, 2.24) is 0 Å². The minimum Gasteiger partial charge on any atom is -0.321 e. The first-order chi connectivity index (χ1) is 14.8. The first-order valence-corrected chi connectivity index (χ1v) is 10.9. The lowest BCUT2D eigenvalue weighted by molar-refractivity contribution is 0.0975. The van der Waals surface area contributed by atoms with Crippen molar-refractivity contribution >= 4 is 51.9 Å². The highest BCUT2D eigenvalue weighted by atomic mass is 35.5. The van der Waals surface area contributed by atoms with Gasteiger partial charge in [-0.05, 0) is 60.7 Å². The summed E-state index contributed by atoms with van der Waals surface area (Å²) in [5, 5.41) is 4.65. The number of amides is 2. The maximum Gasteiger partial charge on any atom is 0.258 e. The molecule has 2 amide bonds. The number of nitrogens with one attached hydrogen (secondary N) is 1. The fourth-order valence-electron chi connectivity index (χ4n) is 3.50. The van der Waals surface area contributed by atoms with Crippen molar-refractivity contribution in [3.8, 4) is 0 Å². The van der Waals surface area contributed by atoms with Crippen LogP contribution in [0.2, 0.25) is 5.02 Å². The summed E-state index contributed by atoms with van der Waals surface area (Å²) >= 11 is 7.67. The van der Waals surface area contributed by atoms with Crippen LogP contribution >= 0.6 is 22.9 Å². The van der Waals surface area contributed by atoms with E-state index in [9.17, 15) is 18.8 Å². The smallest absolute Gasteiger partial charge is 0.258 e. The maximum absolute atomic E-state index is 13.5. The number of hydrogen-bond donors (Lipinski definition) is 1. The number of benzene rings is 2. The molecule has 8 heteroatoms. The van der Waals surface area contributed by atoms with Crippen molar-refractivity contribution in [3.05, 3.63) is 80.3 Å². The Hall–Kier alpha value is -3.03. The zero-order valence-electron chi connectivity index (χ0n) is 16.6. The topological polar surface area (TPSA) is 66.5 Å². The van der Waals surface area contributed by atoms with Crippen LogP contribution in [0, 0.1) is 12.7 Å². The van der Waals surface area contributed by atoms with E-state index in [0.29, 0.717) is 46.8 Å². The number of halogens is 2. The van der Waals surface area contributed by atoms with Gasteiger partial charge in [0.25, 0.3) is 11.8 Å². The van der Waals surface area contributed by atoms with Crippen LogP contribution in [0.4, 0.5) is 15.8 Å². The van der Waals surface area contributed by atoms with Crippen LogP contribution in [0.3, 0.4) is 0 Å². The van der Waals surface area contributed by atoms with Crippen molar-refractivity contribution in [3.63, 3.8) is 0 Å². The first-order valence-electron chi connectivity index (χ1n) is 9.65. The average molecular weight is 457 g/mol. The maximum atomic E-state index is 13.5. The molecule has 3 aromatic rings. The van der Waals surface area contributed by atoms with Crippen molar-refractivity contribution in [2.24, 2.45) is 0 Å². The highest BCUT2D eigenvalue weighted by molar-refractivity contribution is 7.12. The van der Waals surface area contributed by atoms with E-state index < -0.39 is 11.7 Å². The molecule has 0 spiro atoms. The molecule has 1 aliphatic heterocycles. The Morgan fingerprint density at radius 1 is 1.16 bits per heavy atom. The molecular formula is C23H18ClFN2O3S. The van der Waals surface area contributed by atoms with E-state index in [0.717, 1.165) is 6.07 Å². The lowest BCUT2D eigenvalue weighted by Gasteiger charge is -2.21. The summed E-state index contributed by atoms with van der Waals surface area (Å²) in [5.74, 6) is -1.22. The van der Waals surface area contributed by atoms with Gasteiger partial charge in [0, 0.05) is 24.1 Å². The molecule has 0 aliphatic carbocycles. The SMILES string of the molecule is Cc1ccc(F)cc1C(=O)Nc1ccc(C(=O)N2CCCC(=O)c3sccc32)cc1Cl. The Bertz CT molecular complexity index is 1210. The molecular weight excluding hydrogens is 439 g/mol. The minimum absolute atomic E-state index is 0.0454. The van der Waals surface area contributed by atoms with E-state index in [1.807, 2.05) is 0 Å². The number of nitrogens with zero attached hydrogens (tertiary/aromatic N) is 1. The van der Waals surface area contributed by atoms with E-state index >= 15 is 0 Å². The molecule has 5 nitrogen and oxygen atoms in total. The second-order valence-corrected chi connectivity index (χ2v) is 8.55. The van der Waals surface area contributed by atoms with Crippen LogP contribution in [-0.2, 0) is 0 Å². The van der Waals surface area contributed by atoms with Gasteiger partial charge < -0.3 is 10.2 Å². The van der Waals surface area contributed by atoms with Crippen LogP contribution in [-0.4, -0.2) is 24.1 Å². The number of aryl methyl sites for hydroxylation is 1. The van der Waals surface area contributed by atoms with E-state index in [2.05, 4.69) is 5.32 Å². The number of ketones is 1. The Morgan fingerprint density at radius 2 is 1.97 bits per heavy atom. The third-order valence-electron chi connectivity index (χ3n) is 5.13. The van der Waals surface area contributed by atoms with E-state index in [4.69, 9.17) is 11.6 Å². The van der Waals surface area contributed by atoms with Crippen LogP contribution in [0.5, 0.6) is 0 Å². The Labute approximate surface area is 187 Å². The zero-order valence-corrected chi connectivity index (χ0v) is 18.1. The molecule has 2 aromatic carbocycles. The number of fused-ring (bicyclic) bond motifs is 1. The summed E-state index contributed by atoms with van der Waals surface area (Å²) < 4.78 is 13.5. The second-order valence-electron chi connectivity index (χ2n) is 7.23. The summed E-state index contributed by atoms with van der Waals surface area (Å²) in [6.07, 6.45) is 0.989. The standard InChI is InChI=1S/C23H18ClFN2O3S/c1-13-4-6-15(25)12-16(13)22(29)26-18-7-5-14(11-17(18)24)23(30)27-9-2-3-20(28)21-19(27)8-10-31-21/h4-8,10-12H,2-3,9H2,1H3,(H,26,29). The van der Waals surface area contributed by atoms with Crippen LogP contribution in [0.25, 0.3) is 0 Å². The van der Waals surface area contributed by atoms with E-state index in [1.54, 1.807) is 35.4 Å². The molecule has 0 saturated carbocycles. The molecule has 0 fully saturated rings. The molecule has 0 radical (unpaired) electrons. The number of anilines is 2. The molecule has 4 rings (SSSR count). The van der Waals surface area contributed by atoms with Crippen LogP contribution in [0.15, 0.2) is 47.8 Å². The Kier molecular flexibility index (Phi) is 5.89. The normalized spacial score (nSPS) is 13.5. The fourth-order valence-corrected chi connectivity index (χ4v) is 4.59. The van der Waals surface area contributed by atoms with Crippen LogP contribution < -0.4 is 10.2 Å². The van der Waals surface area contributed by atoms with Crippen molar-refractivity contribution < 1.29 is 18.8 Å². The van der Waals surface area contributed by atoms with E-state index in [-0.39, 0.29) is 22.3 Å². The van der Waals surface area contributed by atoms with Gasteiger partial charge in [-0.25, -0.2) is 4.39 Å². The number of carbonyl (C=O) groups is 3. The van der Waals surface area contributed by atoms with Crippen LogP contribution in [0.1, 0.15) is 48.8 Å². The van der Waals surface area contributed by atoms with Crippen molar-refractivity contribution in [2.75, 3.05) is 16.8 Å². The quantitative estimate of drug-likeness (QED) is 0.547. The highest BCUT2D eigenvalue weighted by Gasteiger charge is 2.27. The number of thiophene rings is 1. The Morgan fingerprint density at radius 3 is 2.74 bits per heavy atom. The summed E-state index contributed by atoms with van der Waals surface area (Å²) in [6.45, 7) is 2.14. The highest BCUT2D eigenvalue weighted by Crippen LogP contribution is 2.33. The molecule has 1 N–H and O–H groups in total. The van der Waals surface area contributed by atoms with E-state index in [1.165, 1.54) is 29.5 Å². The monoisotopic (exact) mass is 456 g/mol. The molecule has 158 valence electrons. The predicted molar refractivity (Wildman–Crippen MR) is 120 cm³/mol. The Balaban J connectivity index is 1.57. The number of carbonyl (C=O) groups excluding carboxylic acids is 3. The van der Waals surface area contributed by atoms with Crippen molar-refractivity contribution in [2.45, 2.75) is 19.8 Å². The van der Waals surface area contributed by atoms with Crippen molar-refractivity contribution in [1.29, 1.82) is 0 Å². The van der Waals surface area contributed by atoms with Gasteiger partial charge in [0.15, 0.2) is 5.78 Å². The lowest BCUT2D eigenvalue weighted by Crippen LogP contribution is -2.31. The molecule has 2 heterocycles. The number of rotatable bonds is 3. The van der Waals surface area contributed by atoms with Gasteiger partial charge in [-0.2, -0.15) is 0 Å². The second kappa shape index (κ2) is 8.61. The first kappa shape index (κ1) is 21.2. The zero-order chi connectivity index (χ0) is 22.1. The summed E-state index contributed by atoms with van der Waals surface area (Å²) in [6, 6.07) is 10.3.